The molecule has 0 fully saturated rings. The molecule has 0 saturated carbocycles. The van der Waals surface area contributed by atoms with E-state index < -0.39 is 0 Å². The Labute approximate surface area is 147 Å². The van der Waals surface area contributed by atoms with Crippen LogP contribution in [0.25, 0.3) is 0 Å². The van der Waals surface area contributed by atoms with Crippen molar-refractivity contribution in [3.05, 3.63) is 52.5 Å². The van der Waals surface area contributed by atoms with Crippen molar-refractivity contribution in [2.24, 2.45) is 0 Å². The van der Waals surface area contributed by atoms with Crippen LogP contribution in [-0.2, 0) is 4.79 Å². The van der Waals surface area contributed by atoms with Gasteiger partial charge in [0.25, 0.3) is 5.91 Å². The van der Waals surface area contributed by atoms with Crippen molar-refractivity contribution in [1.29, 1.82) is 0 Å². The van der Waals surface area contributed by atoms with E-state index in [1.807, 2.05) is 58.0 Å². The topological polar surface area (TPSA) is 47.6 Å². The summed E-state index contributed by atoms with van der Waals surface area (Å²) in [6.45, 7) is 7.60. The van der Waals surface area contributed by atoms with Gasteiger partial charge in [-0.1, -0.05) is 23.7 Å². The van der Waals surface area contributed by atoms with Crippen molar-refractivity contribution in [3.8, 4) is 11.5 Å². The van der Waals surface area contributed by atoms with Crippen LogP contribution >= 0.6 is 11.6 Å². The third-order valence-electron chi connectivity index (χ3n) is 3.30. The number of para-hydroxylation sites is 2. The number of hydrogen-bond donors (Lipinski definition) is 1. The summed E-state index contributed by atoms with van der Waals surface area (Å²) in [5.74, 6) is 1.01. The number of hydrogen-bond acceptors (Lipinski definition) is 3. The van der Waals surface area contributed by atoms with Crippen molar-refractivity contribution in [2.45, 2.75) is 33.8 Å². The maximum absolute atomic E-state index is 12.1. The van der Waals surface area contributed by atoms with Crippen molar-refractivity contribution >= 4 is 23.2 Å². The quantitative estimate of drug-likeness (QED) is 0.819. The average Bonchev–Trinajstić information content (AvgIpc) is 2.52. The van der Waals surface area contributed by atoms with Crippen LogP contribution in [-0.4, -0.2) is 18.6 Å². The normalized spacial score (nSPS) is 10.6. The molecule has 1 amide bonds. The molecule has 0 aliphatic heterocycles. The Morgan fingerprint density at radius 2 is 1.79 bits per heavy atom. The van der Waals surface area contributed by atoms with E-state index in [4.69, 9.17) is 21.1 Å². The Bertz CT molecular complexity index is 705. The lowest BCUT2D eigenvalue weighted by Gasteiger charge is -2.15. The summed E-state index contributed by atoms with van der Waals surface area (Å²) in [5.41, 5.74) is 2.47. The van der Waals surface area contributed by atoms with E-state index in [2.05, 4.69) is 5.32 Å². The Balaban J connectivity index is 1.99. The van der Waals surface area contributed by atoms with Gasteiger partial charge < -0.3 is 14.8 Å². The highest BCUT2D eigenvalue weighted by atomic mass is 35.5. The lowest BCUT2D eigenvalue weighted by Crippen LogP contribution is -2.21. The molecule has 1 N–H and O–H groups in total. The lowest BCUT2D eigenvalue weighted by molar-refractivity contribution is -0.118. The highest BCUT2D eigenvalue weighted by Gasteiger charge is 2.10. The number of rotatable bonds is 6. The largest absolute Gasteiger partial charge is 0.489 e. The molecule has 2 aromatic carbocycles. The molecule has 2 aromatic rings. The van der Waals surface area contributed by atoms with Gasteiger partial charge in [0.05, 0.1) is 11.8 Å². The first-order valence-corrected chi connectivity index (χ1v) is 8.19. The van der Waals surface area contributed by atoms with E-state index in [0.717, 1.165) is 11.1 Å². The van der Waals surface area contributed by atoms with E-state index in [-0.39, 0.29) is 18.6 Å². The van der Waals surface area contributed by atoms with E-state index in [0.29, 0.717) is 22.2 Å². The fourth-order valence-corrected chi connectivity index (χ4v) is 2.36. The average molecular weight is 348 g/mol. The summed E-state index contributed by atoms with van der Waals surface area (Å²) in [5, 5.41) is 3.53. The van der Waals surface area contributed by atoms with Crippen molar-refractivity contribution < 1.29 is 14.3 Å². The van der Waals surface area contributed by atoms with Crippen LogP contribution in [0, 0.1) is 13.8 Å². The van der Waals surface area contributed by atoms with Crippen LogP contribution in [0.15, 0.2) is 36.4 Å². The molecule has 0 aliphatic rings. The van der Waals surface area contributed by atoms with Crippen LogP contribution in [0.1, 0.15) is 25.0 Å². The second-order valence-corrected chi connectivity index (χ2v) is 6.25. The number of nitrogens with one attached hydrogen (secondary N) is 1. The first-order valence-electron chi connectivity index (χ1n) is 7.82. The van der Waals surface area contributed by atoms with E-state index >= 15 is 0 Å². The smallest absolute Gasteiger partial charge is 0.262 e. The zero-order valence-corrected chi connectivity index (χ0v) is 15.1. The predicted octanol–water partition coefficient (Wildman–Crippen LogP) is 4.76. The van der Waals surface area contributed by atoms with Gasteiger partial charge >= 0.3 is 0 Å². The number of carbonyl (C=O) groups excluding carboxylic acids is 1. The van der Waals surface area contributed by atoms with Gasteiger partial charge in [0.1, 0.15) is 11.5 Å². The molecule has 0 radical (unpaired) electrons. The van der Waals surface area contributed by atoms with Gasteiger partial charge in [0.2, 0.25) is 0 Å². The number of ether oxygens (including phenoxy) is 2. The molecular weight excluding hydrogens is 326 g/mol. The molecule has 0 aliphatic carbocycles. The zero-order chi connectivity index (χ0) is 17.7. The van der Waals surface area contributed by atoms with Gasteiger partial charge in [0, 0.05) is 5.02 Å². The maximum Gasteiger partial charge on any atom is 0.262 e. The van der Waals surface area contributed by atoms with Crippen LogP contribution in [0.2, 0.25) is 5.02 Å². The molecule has 0 bridgehead atoms. The van der Waals surface area contributed by atoms with E-state index in [1.165, 1.54) is 0 Å². The molecule has 0 aromatic heterocycles. The number of amides is 1. The summed E-state index contributed by atoms with van der Waals surface area (Å²) < 4.78 is 11.2. The van der Waals surface area contributed by atoms with Crippen LogP contribution in [0.3, 0.4) is 0 Å². The Morgan fingerprint density at radius 3 is 2.42 bits per heavy atom. The maximum atomic E-state index is 12.1. The lowest BCUT2D eigenvalue weighted by atomic mass is 10.1. The highest BCUT2D eigenvalue weighted by Crippen LogP contribution is 2.27. The van der Waals surface area contributed by atoms with Crippen molar-refractivity contribution in [1.82, 2.24) is 0 Å². The standard InChI is InChI=1S/C19H22ClNO3/c1-12(2)24-17-8-6-5-7-16(17)21-18(22)11-23-15-9-13(3)19(20)14(4)10-15/h5-10,12H,11H2,1-4H3,(H,21,22). The molecule has 0 heterocycles. The first kappa shape index (κ1) is 18.1. The minimum atomic E-state index is -0.250. The molecule has 0 unspecified atom stereocenters. The van der Waals surface area contributed by atoms with E-state index in [1.54, 1.807) is 6.07 Å². The molecule has 5 heteroatoms. The van der Waals surface area contributed by atoms with Gasteiger partial charge in [-0.25, -0.2) is 0 Å². The number of anilines is 1. The van der Waals surface area contributed by atoms with E-state index in [9.17, 15) is 4.79 Å². The second-order valence-electron chi connectivity index (χ2n) is 5.87. The zero-order valence-electron chi connectivity index (χ0n) is 14.4. The number of benzene rings is 2. The van der Waals surface area contributed by atoms with Crippen molar-refractivity contribution in [3.63, 3.8) is 0 Å². The molecule has 0 atom stereocenters. The fourth-order valence-electron chi connectivity index (χ4n) is 2.25. The van der Waals surface area contributed by atoms with Gasteiger partial charge in [-0.3, -0.25) is 4.79 Å². The molecule has 0 spiro atoms. The number of aryl methyl sites for hydroxylation is 2. The van der Waals surface area contributed by atoms with Crippen LogP contribution in [0.4, 0.5) is 5.69 Å². The SMILES string of the molecule is Cc1cc(OCC(=O)Nc2ccccc2OC(C)C)cc(C)c1Cl. The monoisotopic (exact) mass is 347 g/mol. The summed E-state index contributed by atoms with van der Waals surface area (Å²) in [4.78, 5) is 12.1. The Kier molecular flexibility index (Phi) is 6.10. The molecule has 128 valence electrons. The summed E-state index contributed by atoms with van der Waals surface area (Å²) >= 11 is 6.13. The molecular formula is C19H22ClNO3. The van der Waals surface area contributed by atoms with Gasteiger partial charge in [-0.2, -0.15) is 0 Å². The molecule has 4 nitrogen and oxygen atoms in total. The second kappa shape index (κ2) is 8.06. The molecule has 24 heavy (non-hydrogen) atoms. The number of carbonyl (C=O) groups is 1. The molecule has 2 rings (SSSR count). The van der Waals surface area contributed by atoms with Crippen LogP contribution < -0.4 is 14.8 Å². The summed E-state index contributed by atoms with van der Waals surface area (Å²) in [6.07, 6.45) is 0.0271. The minimum Gasteiger partial charge on any atom is -0.489 e. The van der Waals surface area contributed by atoms with Crippen molar-refractivity contribution in [2.75, 3.05) is 11.9 Å². The van der Waals surface area contributed by atoms with Crippen LogP contribution in [0.5, 0.6) is 11.5 Å². The highest BCUT2D eigenvalue weighted by molar-refractivity contribution is 6.32. The van der Waals surface area contributed by atoms with Gasteiger partial charge in [0.15, 0.2) is 6.61 Å². The predicted molar refractivity (Wildman–Crippen MR) is 97.3 cm³/mol. The molecule has 0 saturated heterocycles. The number of halogens is 1. The Hall–Kier alpha value is -2.20. The Morgan fingerprint density at radius 1 is 1.17 bits per heavy atom. The minimum absolute atomic E-state index is 0.0271. The first-order chi connectivity index (χ1) is 11.4. The third-order valence-corrected chi connectivity index (χ3v) is 3.90. The summed E-state index contributed by atoms with van der Waals surface area (Å²) in [6, 6.07) is 11.0. The van der Waals surface area contributed by atoms with Gasteiger partial charge in [-0.05, 0) is 63.1 Å². The fraction of sp³-hybridized carbons (Fsp3) is 0.316. The van der Waals surface area contributed by atoms with Gasteiger partial charge in [-0.15, -0.1) is 0 Å². The summed E-state index contributed by atoms with van der Waals surface area (Å²) in [7, 11) is 0. The third kappa shape index (κ3) is 4.90.